The third-order valence-electron chi connectivity index (χ3n) is 4.07. The van der Waals surface area contributed by atoms with Gasteiger partial charge in [-0.15, -0.1) is 5.10 Å². The van der Waals surface area contributed by atoms with E-state index in [0.717, 1.165) is 4.68 Å². The van der Waals surface area contributed by atoms with Crippen LogP contribution in [-0.4, -0.2) is 33.5 Å². The molecule has 1 aromatic heterocycles. The monoisotopic (exact) mass is 409 g/mol. The number of Topliss-reactive ketones (excluding diaryl/α,β-unsaturated/α-hetero) is 1. The maximum absolute atomic E-state index is 12.5. The lowest BCUT2D eigenvalue weighted by Crippen LogP contribution is -2.29. The molecule has 0 bridgehead atoms. The number of hydrogen-bond donors (Lipinski definition) is 1. The summed E-state index contributed by atoms with van der Waals surface area (Å²) in [6.07, 6.45) is -1.07. The van der Waals surface area contributed by atoms with Gasteiger partial charge in [0.2, 0.25) is 17.6 Å². The molecule has 9 heteroatoms. The summed E-state index contributed by atoms with van der Waals surface area (Å²) in [5.41, 5.74) is 1.45. The second-order valence-electron chi connectivity index (χ2n) is 6.45. The van der Waals surface area contributed by atoms with Crippen LogP contribution in [0.25, 0.3) is 11.5 Å². The van der Waals surface area contributed by atoms with Crippen molar-refractivity contribution in [3.8, 4) is 11.5 Å². The van der Waals surface area contributed by atoms with E-state index in [1.807, 2.05) is 6.07 Å². The van der Waals surface area contributed by atoms with Gasteiger partial charge in [-0.2, -0.15) is 4.68 Å². The summed E-state index contributed by atoms with van der Waals surface area (Å²) < 4.78 is 11.0. The summed E-state index contributed by atoms with van der Waals surface area (Å²) in [5, 5.41) is 6.58. The first kappa shape index (κ1) is 20.7. The Bertz CT molecular complexity index is 1120. The van der Waals surface area contributed by atoms with Crippen LogP contribution in [0.2, 0.25) is 0 Å². The molecule has 1 amide bonds. The standard InChI is InChI=1S/C21H19N3O6/c1-13(19(27)15-8-10-17(11-9-15)22-14(2)25)29-18(26)12-24-21(28)30-20(23-24)16-6-4-3-5-7-16/h3-11,13H,12H2,1-2H3,(H,22,25)/t13-/m1/s1. The molecule has 0 saturated carbocycles. The van der Waals surface area contributed by atoms with Gasteiger partial charge in [0, 0.05) is 23.7 Å². The number of hydrogen-bond acceptors (Lipinski definition) is 7. The summed E-state index contributed by atoms with van der Waals surface area (Å²) in [4.78, 5) is 47.6. The topological polar surface area (TPSA) is 120 Å². The lowest BCUT2D eigenvalue weighted by molar-refractivity contribution is -0.147. The van der Waals surface area contributed by atoms with Crippen molar-refractivity contribution in [1.82, 2.24) is 9.78 Å². The molecule has 0 radical (unpaired) electrons. The zero-order chi connectivity index (χ0) is 21.7. The van der Waals surface area contributed by atoms with Crippen LogP contribution in [0, 0.1) is 0 Å². The van der Waals surface area contributed by atoms with Gasteiger partial charge in [0.05, 0.1) is 0 Å². The van der Waals surface area contributed by atoms with E-state index in [2.05, 4.69) is 10.4 Å². The Balaban J connectivity index is 1.62. The van der Waals surface area contributed by atoms with Crippen molar-refractivity contribution in [2.45, 2.75) is 26.5 Å². The van der Waals surface area contributed by atoms with Gasteiger partial charge >= 0.3 is 11.7 Å². The number of anilines is 1. The van der Waals surface area contributed by atoms with Crippen LogP contribution < -0.4 is 11.1 Å². The van der Waals surface area contributed by atoms with Crippen molar-refractivity contribution < 1.29 is 23.5 Å². The first-order valence-corrected chi connectivity index (χ1v) is 9.08. The van der Waals surface area contributed by atoms with Crippen molar-refractivity contribution in [3.63, 3.8) is 0 Å². The van der Waals surface area contributed by atoms with E-state index in [-0.39, 0.29) is 11.8 Å². The van der Waals surface area contributed by atoms with Gasteiger partial charge in [-0.1, -0.05) is 18.2 Å². The fourth-order valence-electron chi connectivity index (χ4n) is 2.67. The Labute approximate surface area is 171 Å². The third kappa shape index (κ3) is 5.07. The fraction of sp³-hybridized carbons (Fsp3) is 0.190. The molecule has 154 valence electrons. The number of nitrogens with one attached hydrogen (secondary N) is 1. The number of ether oxygens (including phenoxy) is 1. The highest BCUT2D eigenvalue weighted by Crippen LogP contribution is 2.15. The smallest absolute Gasteiger partial charge is 0.437 e. The van der Waals surface area contributed by atoms with Crippen LogP contribution >= 0.6 is 0 Å². The largest absolute Gasteiger partial charge is 0.453 e. The van der Waals surface area contributed by atoms with Gasteiger partial charge < -0.3 is 14.5 Å². The fourth-order valence-corrected chi connectivity index (χ4v) is 2.67. The Kier molecular flexibility index (Phi) is 6.21. The summed E-state index contributed by atoms with van der Waals surface area (Å²) in [7, 11) is 0. The average Bonchev–Trinajstić information content (AvgIpc) is 3.08. The number of benzene rings is 2. The predicted molar refractivity (Wildman–Crippen MR) is 107 cm³/mol. The molecule has 0 saturated heterocycles. The molecular weight excluding hydrogens is 390 g/mol. The van der Waals surface area contributed by atoms with Gasteiger partial charge in [0.1, 0.15) is 6.54 Å². The van der Waals surface area contributed by atoms with Crippen LogP contribution in [0.1, 0.15) is 24.2 Å². The van der Waals surface area contributed by atoms with E-state index in [4.69, 9.17) is 9.15 Å². The molecule has 0 unspecified atom stereocenters. The van der Waals surface area contributed by atoms with Crippen LogP contribution in [-0.2, 0) is 20.9 Å². The lowest BCUT2D eigenvalue weighted by Gasteiger charge is -2.12. The predicted octanol–water partition coefficient (Wildman–Crippen LogP) is 2.28. The summed E-state index contributed by atoms with van der Waals surface area (Å²) in [6.45, 7) is 2.32. The minimum absolute atomic E-state index is 0.0804. The summed E-state index contributed by atoms with van der Waals surface area (Å²) in [6, 6.07) is 14.9. The average molecular weight is 409 g/mol. The zero-order valence-electron chi connectivity index (χ0n) is 16.3. The quantitative estimate of drug-likeness (QED) is 0.469. The van der Waals surface area contributed by atoms with Gasteiger partial charge in [0.25, 0.3) is 0 Å². The van der Waals surface area contributed by atoms with E-state index >= 15 is 0 Å². The second-order valence-corrected chi connectivity index (χ2v) is 6.45. The number of rotatable bonds is 7. The zero-order valence-corrected chi connectivity index (χ0v) is 16.3. The number of carbonyl (C=O) groups excluding carboxylic acids is 3. The number of aromatic nitrogens is 2. The number of esters is 1. The van der Waals surface area contributed by atoms with Crippen molar-refractivity contribution in [1.29, 1.82) is 0 Å². The van der Waals surface area contributed by atoms with E-state index in [9.17, 15) is 19.2 Å². The number of carbonyl (C=O) groups is 3. The number of ketones is 1. The molecule has 1 heterocycles. The third-order valence-corrected chi connectivity index (χ3v) is 4.07. The highest BCUT2D eigenvalue weighted by molar-refractivity contribution is 6.00. The van der Waals surface area contributed by atoms with E-state index in [1.165, 1.54) is 26.0 Å². The summed E-state index contributed by atoms with van der Waals surface area (Å²) in [5.74, 6) is -2.18. The minimum atomic E-state index is -1.07. The second kappa shape index (κ2) is 8.99. The molecule has 9 nitrogen and oxygen atoms in total. The van der Waals surface area contributed by atoms with Gasteiger partial charge in [-0.3, -0.25) is 14.4 Å². The minimum Gasteiger partial charge on any atom is -0.453 e. The van der Waals surface area contributed by atoms with E-state index < -0.39 is 30.2 Å². The van der Waals surface area contributed by atoms with Crippen molar-refractivity contribution in [2.24, 2.45) is 0 Å². The maximum Gasteiger partial charge on any atom is 0.437 e. The van der Waals surface area contributed by atoms with Gasteiger partial charge in [-0.05, 0) is 43.3 Å². The molecule has 0 fully saturated rings. The molecule has 0 aliphatic rings. The van der Waals surface area contributed by atoms with Crippen molar-refractivity contribution in [3.05, 3.63) is 70.7 Å². The highest BCUT2D eigenvalue weighted by Gasteiger charge is 2.21. The van der Waals surface area contributed by atoms with Crippen LogP contribution in [0.3, 0.4) is 0 Å². The molecule has 3 rings (SSSR count). The first-order valence-electron chi connectivity index (χ1n) is 9.08. The Hall–Kier alpha value is -4.01. The number of nitrogens with zero attached hydrogens (tertiary/aromatic N) is 2. The van der Waals surface area contributed by atoms with Gasteiger partial charge in [0.15, 0.2) is 6.10 Å². The first-order chi connectivity index (χ1) is 14.3. The molecular formula is C21H19N3O6. The molecule has 0 aliphatic carbocycles. The van der Waals surface area contributed by atoms with E-state index in [1.54, 1.807) is 36.4 Å². The number of amides is 1. The molecule has 1 atom stereocenters. The normalized spacial score (nSPS) is 11.5. The van der Waals surface area contributed by atoms with Gasteiger partial charge in [-0.25, -0.2) is 4.79 Å². The van der Waals surface area contributed by atoms with Crippen LogP contribution in [0.5, 0.6) is 0 Å². The molecule has 2 aromatic carbocycles. The maximum atomic E-state index is 12.5. The summed E-state index contributed by atoms with van der Waals surface area (Å²) >= 11 is 0. The Morgan fingerprint density at radius 1 is 1.10 bits per heavy atom. The Morgan fingerprint density at radius 3 is 2.40 bits per heavy atom. The molecule has 0 aliphatic heterocycles. The SMILES string of the molecule is CC(=O)Nc1ccc(C(=O)[C@@H](C)OC(=O)Cn2nc(-c3ccccc3)oc2=O)cc1. The van der Waals surface area contributed by atoms with E-state index in [0.29, 0.717) is 16.8 Å². The molecule has 3 aromatic rings. The Morgan fingerprint density at radius 2 is 1.77 bits per heavy atom. The molecule has 1 N–H and O–H groups in total. The van der Waals surface area contributed by atoms with Crippen LogP contribution in [0.15, 0.2) is 63.8 Å². The molecule has 30 heavy (non-hydrogen) atoms. The van der Waals surface area contributed by atoms with Crippen molar-refractivity contribution in [2.75, 3.05) is 5.32 Å². The van der Waals surface area contributed by atoms with Crippen LogP contribution in [0.4, 0.5) is 5.69 Å². The highest BCUT2D eigenvalue weighted by atomic mass is 16.5. The van der Waals surface area contributed by atoms with Crippen molar-refractivity contribution >= 4 is 23.3 Å². The molecule has 0 spiro atoms. The lowest BCUT2D eigenvalue weighted by atomic mass is 10.1.